The summed E-state index contributed by atoms with van der Waals surface area (Å²) in [5, 5.41) is 3.60. The number of benzene rings is 1. The van der Waals surface area contributed by atoms with Gasteiger partial charge in [-0.05, 0) is 59.9 Å². The second-order valence-electron chi connectivity index (χ2n) is 5.29. The molecule has 0 amide bonds. The Bertz CT molecular complexity index is 436. The summed E-state index contributed by atoms with van der Waals surface area (Å²) in [6.45, 7) is 7.32. The van der Waals surface area contributed by atoms with E-state index in [0.717, 1.165) is 37.3 Å². The van der Waals surface area contributed by atoms with E-state index in [-0.39, 0.29) is 5.82 Å². The Balaban J connectivity index is 2.21. The van der Waals surface area contributed by atoms with Crippen molar-refractivity contribution in [1.29, 1.82) is 0 Å². The van der Waals surface area contributed by atoms with Gasteiger partial charge in [0.1, 0.15) is 5.82 Å². The summed E-state index contributed by atoms with van der Waals surface area (Å²) < 4.78 is 14.1. The molecular weight excluding hydrogens is 307 g/mol. The van der Waals surface area contributed by atoms with Crippen LogP contribution in [0.4, 0.5) is 10.1 Å². The predicted molar refractivity (Wildman–Crippen MR) is 82.4 cm³/mol. The fraction of sp³-hybridized carbons (Fsp3) is 0.600. The maximum atomic E-state index is 13.5. The topological polar surface area (TPSA) is 15.3 Å². The Kier molecular flexibility index (Phi) is 5.22. The highest BCUT2D eigenvalue weighted by atomic mass is 79.9. The molecule has 1 unspecified atom stereocenters. The van der Waals surface area contributed by atoms with Gasteiger partial charge in [0.2, 0.25) is 0 Å². The lowest BCUT2D eigenvalue weighted by atomic mass is 10.1. The third-order valence-corrected chi connectivity index (χ3v) is 4.30. The monoisotopic (exact) mass is 328 g/mol. The highest BCUT2D eigenvalue weighted by Gasteiger charge is 2.19. The minimum Gasteiger partial charge on any atom is -0.370 e. The molecule has 0 spiro atoms. The number of anilines is 1. The number of aryl methyl sites for hydroxylation is 1. The first-order chi connectivity index (χ1) is 9.11. The van der Waals surface area contributed by atoms with Crippen molar-refractivity contribution in [3.63, 3.8) is 0 Å². The standard InChI is InChI=1S/C15H22BrFN2/c1-3-5-12-10-19(7-4-6-18-12)15-9-13(16)14(17)8-11(15)2/h8-9,12,18H,3-7,10H2,1-2H3. The van der Waals surface area contributed by atoms with Crippen LogP contribution in [-0.2, 0) is 0 Å². The Morgan fingerprint density at radius 2 is 2.26 bits per heavy atom. The molecule has 1 aliphatic heterocycles. The van der Waals surface area contributed by atoms with E-state index in [1.165, 1.54) is 12.8 Å². The molecule has 1 atom stereocenters. The zero-order valence-corrected chi connectivity index (χ0v) is 13.3. The van der Waals surface area contributed by atoms with Crippen LogP contribution >= 0.6 is 15.9 Å². The van der Waals surface area contributed by atoms with E-state index in [1.54, 1.807) is 6.07 Å². The molecule has 1 fully saturated rings. The van der Waals surface area contributed by atoms with Crippen LogP contribution in [0.5, 0.6) is 0 Å². The lowest BCUT2D eigenvalue weighted by molar-refractivity contribution is 0.502. The highest BCUT2D eigenvalue weighted by molar-refractivity contribution is 9.10. The fourth-order valence-electron chi connectivity index (χ4n) is 2.74. The summed E-state index contributed by atoms with van der Waals surface area (Å²) in [7, 11) is 0. The molecule has 0 aromatic heterocycles. The van der Waals surface area contributed by atoms with Crippen molar-refractivity contribution in [1.82, 2.24) is 5.32 Å². The van der Waals surface area contributed by atoms with E-state index in [9.17, 15) is 4.39 Å². The molecule has 0 bridgehead atoms. The molecule has 1 aromatic carbocycles. The van der Waals surface area contributed by atoms with Gasteiger partial charge in [-0.1, -0.05) is 13.3 Å². The minimum absolute atomic E-state index is 0.181. The van der Waals surface area contributed by atoms with Crippen LogP contribution in [-0.4, -0.2) is 25.7 Å². The number of hydrogen-bond acceptors (Lipinski definition) is 2. The first-order valence-corrected chi connectivity index (χ1v) is 7.85. The Morgan fingerprint density at radius 3 is 3.00 bits per heavy atom. The van der Waals surface area contributed by atoms with Crippen LogP contribution < -0.4 is 10.2 Å². The summed E-state index contributed by atoms with van der Waals surface area (Å²) in [5.74, 6) is -0.181. The maximum Gasteiger partial charge on any atom is 0.137 e. The third kappa shape index (κ3) is 3.69. The van der Waals surface area contributed by atoms with E-state index in [2.05, 4.69) is 33.1 Å². The van der Waals surface area contributed by atoms with Crippen molar-refractivity contribution in [3.05, 3.63) is 28.0 Å². The molecule has 0 saturated carbocycles. The van der Waals surface area contributed by atoms with Crippen molar-refractivity contribution in [2.45, 2.75) is 39.2 Å². The van der Waals surface area contributed by atoms with Gasteiger partial charge in [-0.25, -0.2) is 4.39 Å². The van der Waals surface area contributed by atoms with Gasteiger partial charge in [-0.15, -0.1) is 0 Å². The SMILES string of the molecule is CCCC1CN(c2cc(Br)c(F)cc2C)CCCN1. The van der Waals surface area contributed by atoms with Crippen LogP contribution in [0.3, 0.4) is 0 Å². The molecule has 1 heterocycles. The molecule has 106 valence electrons. The van der Waals surface area contributed by atoms with Gasteiger partial charge < -0.3 is 10.2 Å². The van der Waals surface area contributed by atoms with E-state index >= 15 is 0 Å². The molecule has 1 N–H and O–H groups in total. The summed E-state index contributed by atoms with van der Waals surface area (Å²) >= 11 is 3.29. The van der Waals surface area contributed by atoms with E-state index in [0.29, 0.717) is 10.5 Å². The zero-order valence-electron chi connectivity index (χ0n) is 11.7. The molecule has 1 saturated heterocycles. The van der Waals surface area contributed by atoms with Gasteiger partial charge in [0.05, 0.1) is 4.47 Å². The second-order valence-corrected chi connectivity index (χ2v) is 6.15. The van der Waals surface area contributed by atoms with Crippen molar-refractivity contribution in [3.8, 4) is 0 Å². The molecule has 0 aliphatic carbocycles. The van der Waals surface area contributed by atoms with Gasteiger partial charge in [-0.2, -0.15) is 0 Å². The Hall–Kier alpha value is -0.610. The van der Waals surface area contributed by atoms with Gasteiger partial charge in [-0.3, -0.25) is 0 Å². The number of nitrogens with zero attached hydrogens (tertiary/aromatic N) is 1. The molecular formula is C15H22BrFN2. The third-order valence-electron chi connectivity index (χ3n) is 3.70. The van der Waals surface area contributed by atoms with E-state index < -0.39 is 0 Å². The quantitative estimate of drug-likeness (QED) is 0.906. The molecule has 2 nitrogen and oxygen atoms in total. The average molecular weight is 329 g/mol. The van der Waals surface area contributed by atoms with E-state index in [1.807, 2.05) is 13.0 Å². The largest absolute Gasteiger partial charge is 0.370 e. The average Bonchev–Trinajstić information content (AvgIpc) is 2.60. The number of halogens is 2. The molecule has 2 rings (SSSR count). The Labute approximate surface area is 123 Å². The second kappa shape index (κ2) is 6.71. The van der Waals surface area contributed by atoms with Gasteiger partial charge >= 0.3 is 0 Å². The first-order valence-electron chi connectivity index (χ1n) is 7.05. The molecule has 1 aliphatic rings. The lowest BCUT2D eigenvalue weighted by Crippen LogP contribution is -2.37. The summed E-state index contributed by atoms with van der Waals surface area (Å²) in [6, 6.07) is 4.07. The zero-order chi connectivity index (χ0) is 13.8. The normalized spacial score (nSPS) is 20.4. The van der Waals surface area contributed by atoms with Crippen LogP contribution in [0, 0.1) is 12.7 Å². The maximum absolute atomic E-state index is 13.5. The van der Waals surface area contributed by atoms with Crippen LogP contribution in [0.25, 0.3) is 0 Å². The van der Waals surface area contributed by atoms with Gasteiger partial charge in [0.25, 0.3) is 0 Å². The van der Waals surface area contributed by atoms with Gasteiger partial charge in [0, 0.05) is 24.8 Å². The van der Waals surface area contributed by atoms with Crippen LogP contribution in [0.1, 0.15) is 31.7 Å². The van der Waals surface area contributed by atoms with E-state index in [4.69, 9.17) is 0 Å². The van der Waals surface area contributed by atoms with Crippen molar-refractivity contribution in [2.24, 2.45) is 0 Å². The van der Waals surface area contributed by atoms with Crippen molar-refractivity contribution in [2.75, 3.05) is 24.5 Å². The van der Waals surface area contributed by atoms with Gasteiger partial charge in [0.15, 0.2) is 0 Å². The Morgan fingerprint density at radius 1 is 1.47 bits per heavy atom. The highest BCUT2D eigenvalue weighted by Crippen LogP contribution is 2.28. The van der Waals surface area contributed by atoms with Crippen LogP contribution in [0.15, 0.2) is 16.6 Å². The van der Waals surface area contributed by atoms with Crippen molar-refractivity contribution < 1.29 is 4.39 Å². The predicted octanol–water partition coefficient (Wildman–Crippen LogP) is 3.87. The first kappa shape index (κ1) is 14.8. The molecule has 0 radical (unpaired) electrons. The number of nitrogens with one attached hydrogen (secondary N) is 1. The fourth-order valence-corrected chi connectivity index (χ4v) is 3.07. The summed E-state index contributed by atoms with van der Waals surface area (Å²) in [5.41, 5.74) is 2.16. The summed E-state index contributed by atoms with van der Waals surface area (Å²) in [6.07, 6.45) is 3.52. The molecule has 4 heteroatoms. The van der Waals surface area contributed by atoms with Crippen LogP contribution in [0.2, 0.25) is 0 Å². The smallest absolute Gasteiger partial charge is 0.137 e. The number of rotatable bonds is 3. The molecule has 1 aromatic rings. The summed E-state index contributed by atoms with van der Waals surface area (Å²) in [4.78, 5) is 2.39. The minimum atomic E-state index is -0.181. The molecule has 19 heavy (non-hydrogen) atoms. The van der Waals surface area contributed by atoms with Crippen molar-refractivity contribution >= 4 is 21.6 Å². The number of hydrogen-bond donors (Lipinski definition) is 1. The lowest BCUT2D eigenvalue weighted by Gasteiger charge is -2.28.